The zero-order valence-corrected chi connectivity index (χ0v) is 12.3. The second kappa shape index (κ2) is 9.18. The van der Waals surface area contributed by atoms with E-state index in [4.69, 9.17) is 4.74 Å². The van der Waals surface area contributed by atoms with Gasteiger partial charge in [-0.15, -0.1) is 0 Å². The van der Waals surface area contributed by atoms with Crippen molar-refractivity contribution in [3.05, 3.63) is 30.1 Å². The highest BCUT2D eigenvalue weighted by molar-refractivity contribution is 7.98. The summed E-state index contributed by atoms with van der Waals surface area (Å²) in [4.78, 5) is 0. The van der Waals surface area contributed by atoms with Crippen LogP contribution < -0.4 is 10.1 Å². The van der Waals surface area contributed by atoms with Crippen LogP contribution in [0.15, 0.2) is 24.3 Å². The van der Waals surface area contributed by atoms with Gasteiger partial charge in [0.05, 0.1) is 0 Å². The minimum Gasteiger partial charge on any atom is -0.488 e. The van der Waals surface area contributed by atoms with E-state index < -0.39 is 11.9 Å². The molecule has 0 amide bonds. The number of aliphatic hydroxyl groups excluding tert-OH is 1. The first-order valence-electron chi connectivity index (χ1n) is 6.41. The summed E-state index contributed by atoms with van der Waals surface area (Å²) in [6.45, 7) is 2.62. The predicted molar refractivity (Wildman–Crippen MR) is 78.4 cm³/mol. The first-order chi connectivity index (χ1) is 9.13. The molecule has 3 nitrogen and oxygen atoms in total. The Morgan fingerprint density at radius 3 is 2.84 bits per heavy atom. The van der Waals surface area contributed by atoms with Crippen LogP contribution in [-0.2, 0) is 0 Å². The fraction of sp³-hybridized carbons (Fsp3) is 0.571. The van der Waals surface area contributed by atoms with E-state index in [1.165, 1.54) is 6.07 Å². The Morgan fingerprint density at radius 2 is 2.16 bits per heavy atom. The van der Waals surface area contributed by atoms with Gasteiger partial charge in [-0.05, 0) is 37.5 Å². The molecule has 0 aliphatic rings. The number of halogens is 1. The third kappa shape index (κ3) is 6.80. The van der Waals surface area contributed by atoms with Gasteiger partial charge in [0.25, 0.3) is 0 Å². The van der Waals surface area contributed by atoms with E-state index in [1.807, 2.05) is 0 Å². The standard InChI is InChI=1S/C14H22FNO2S/c1-11(7-8-19-2)16-9-12(17)10-18-14-6-4-3-5-13(14)15/h3-6,11-12,16-17H,7-10H2,1-2H3. The summed E-state index contributed by atoms with van der Waals surface area (Å²) in [6, 6.07) is 6.55. The highest BCUT2D eigenvalue weighted by Gasteiger charge is 2.09. The monoisotopic (exact) mass is 287 g/mol. The van der Waals surface area contributed by atoms with Gasteiger partial charge in [0.15, 0.2) is 11.6 Å². The lowest BCUT2D eigenvalue weighted by atomic mass is 10.2. The normalized spacial score (nSPS) is 14.1. The number of benzene rings is 1. The molecule has 0 saturated heterocycles. The van der Waals surface area contributed by atoms with E-state index in [0.717, 1.165) is 12.2 Å². The number of para-hydroxylation sites is 1. The Morgan fingerprint density at radius 1 is 1.42 bits per heavy atom. The minimum atomic E-state index is -0.642. The molecule has 2 unspecified atom stereocenters. The molecule has 0 bridgehead atoms. The number of hydrogen-bond acceptors (Lipinski definition) is 4. The Labute approximate surface area is 118 Å². The van der Waals surface area contributed by atoms with E-state index in [1.54, 1.807) is 30.0 Å². The third-order valence-electron chi connectivity index (χ3n) is 2.72. The summed E-state index contributed by atoms with van der Waals surface area (Å²) < 4.78 is 18.5. The van der Waals surface area contributed by atoms with E-state index in [9.17, 15) is 9.50 Å². The molecular formula is C14H22FNO2S. The topological polar surface area (TPSA) is 41.5 Å². The van der Waals surface area contributed by atoms with E-state index in [-0.39, 0.29) is 12.4 Å². The second-order valence-corrected chi connectivity index (χ2v) is 5.47. The number of rotatable bonds is 9. The van der Waals surface area contributed by atoms with Gasteiger partial charge in [0.1, 0.15) is 12.7 Å². The zero-order chi connectivity index (χ0) is 14.1. The predicted octanol–water partition coefficient (Wildman–Crippen LogP) is 2.30. The maximum Gasteiger partial charge on any atom is 0.165 e. The van der Waals surface area contributed by atoms with Gasteiger partial charge >= 0.3 is 0 Å². The van der Waals surface area contributed by atoms with Crippen molar-refractivity contribution in [3.8, 4) is 5.75 Å². The summed E-state index contributed by atoms with van der Waals surface area (Å²) in [6.07, 6.45) is 2.49. The van der Waals surface area contributed by atoms with Gasteiger partial charge in [-0.3, -0.25) is 0 Å². The van der Waals surface area contributed by atoms with Gasteiger partial charge < -0.3 is 15.2 Å². The maximum absolute atomic E-state index is 13.3. The average molecular weight is 287 g/mol. The molecule has 0 spiro atoms. The summed E-state index contributed by atoms with van der Waals surface area (Å²) >= 11 is 1.80. The maximum atomic E-state index is 13.3. The van der Waals surface area contributed by atoms with Crippen LogP contribution in [-0.4, -0.2) is 42.4 Å². The Balaban J connectivity index is 2.21. The van der Waals surface area contributed by atoms with Gasteiger partial charge in [-0.25, -0.2) is 4.39 Å². The van der Waals surface area contributed by atoms with Crippen molar-refractivity contribution in [2.24, 2.45) is 0 Å². The summed E-state index contributed by atoms with van der Waals surface area (Å²) in [5.74, 6) is 0.865. The third-order valence-corrected chi connectivity index (χ3v) is 3.37. The molecule has 0 aliphatic carbocycles. The van der Waals surface area contributed by atoms with Crippen molar-refractivity contribution in [3.63, 3.8) is 0 Å². The molecule has 108 valence electrons. The molecule has 0 heterocycles. The second-order valence-electron chi connectivity index (χ2n) is 4.49. The van der Waals surface area contributed by atoms with E-state index in [0.29, 0.717) is 12.6 Å². The molecule has 2 atom stereocenters. The molecule has 0 aliphatic heterocycles. The van der Waals surface area contributed by atoms with Crippen molar-refractivity contribution in [2.45, 2.75) is 25.5 Å². The van der Waals surface area contributed by atoms with Crippen LogP contribution >= 0.6 is 11.8 Å². The van der Waals surface area contributed by atoms with Crippen molar-refractivity contribution in [1.29, 1.82) is 0 Å². The molecule has 19 heavy (non-hydrogen) atoms. The van der Waals surface area contributed by atoms with Crippen molar-refractivity contribution in [2.75, 3.05) is 25.2 Å². The fourth-order valence-corrected chi connectivity index (χ4v) is 2.13. The van der Waals surface area contributed by atoms with Crippen molar-refractivity contribution >= 4 is 11.8 Å². The Kier molecular flexibility index (Phi) is 7.86. The highest BCUT2D eigenvalue weighted by Crippen LogP contribution is 2.15. The van der Waals surface area contributed by atoms with Crippen molar-refractivity contribution < 1.29 is 14.2 Å². The molecule has 0 saturated carbocycles. The van der Waals surface area contributed by atoms with E-state index in [2.05, 4.69) is 18.5 Å². The molecule has 1 aromatic carbocycles. The van der Waals surface area contributed by atoms with Crippen molar-refractivity contribution in [1.82, 2.24) is 5.32 Å². The minimum absolute atomic E-state index is 0.0865. The average Bonchev–Trinajstić information content (AvgIpc) is 2.42. The number of ether oxygens (including phenoxy) is 1. The number of thioether (sulfide) groups is 1. The van der Waals surface area contributed by atoms with E-state index >= 15 is 0 Å². The number of hydrogen-bond donors (Lipinski definition) is 2. The molecular weight excluding hydrogens is 265 g/mol. The molecule has 2 N–H and O–H groups in total. The lowest BCUT2D eigenvalue weighted by Crippen LogP contribution is -2.36. The van der Waals surface area contributed by atoms with Crippen LogP contribution in [0.25, 0.3) is 0 Å². The fourth-order valence-electron chi connectivity index (χ4n) is 1.54. The zero-order valence-electron chi connectivity index (χ0n) is 11.4. The van der Waals surface area contributed by atoms with Crippen LogP contribution in [0.5, 0.6) is 5.75 Å². The van der Waals surface area contributed by atoms with Gasteiger partial charge in [-0.1, -0.05) is 12.1 Å². The first-order valence-corrected chi connectivity index (χ1v) is 7.80. The van der Waals surface area contributed by atoms with Gasteiger partial charge in [-0.2, -0.15) is 11.8 Å². The SMILES string of the molecule is CSCCC(C)NCC(O)COc1ccccc1F. The quantitative estimate of drug-likeness (QED) is 0.731. The lowest BCUT2D eigenvalue weighted by molar-refractivity contribution is 0.102. The summed E-state index contributed by atoms with van der Waals surface area (Å²) in [5, 5.41) is 13.0. The summed E-state index contributed by atoms with van der Waals surface area (Å²) in [5.41, 5.74) is 0. The van der Waals surface area contributed by atoms with Crippen LogP contribution in [0, 0.1) is 5.82 Å². The highest BCUT2D eigenvalue weighted by atomic mass is 32.2. The molecule has 1 rings (SSSR count). The molecule has 5 heteroatoms. The smallest absolute Gasteiger partial charge is 0.165 e. The Bertz CT molecular complexity index is 365. The molecule has 0 fully saturated rings. The van der Waals surface area contributed by atoms with Gasteiger partial charge in [0, 0.05) is 12.6 Å². The Hall–Kier alpha value is -0.780. The first kappa shape index (κ1) is 16.3. The van der Waals surface area contributed by atoms with Gasteiger partial charge in [0.2, 0.25) is 0 Å². The van der Waals surface area contributed by atoms with Crippen LogP contribution in [0.4, 0.5) is 4.39 Å². The number of nitrogens with one attached hydrogen (secondary N) is 1. The molecule has 0 radical (unpaired) electrons. The molecule has 0 aromatic heterocycles. The van der Waals surface area contributed by atoms with Crippen LogP contribution in [0.3, 0.4) is 0 Å². The largest absolute Gasteiger partial charge is 0.488 e. The molecule has 1 aromatic rings. The number of aliphatic hydroxyl groups is 1. The lowest BCUT2D eigenvalue weighted by Gasteiger charge is -2.17. The van der Waals surface area contributed by atoms with Crippen LogP contribution in [0.1, 0.15) is 13.3 Å². The van der Waals surface area contributed by atoms with Crippen LogP contribution in [0.2, 0.25) is 0 Å². The summed E-state index contributed by atoms with van der Waals surface area (Å²) in [7, 11) is 0.